The Morgan fingerprint density at radius 1 is 1.05 bits per heavy atom. The Morgan fingerprint density at radius 3 is 2.38 bits per heavy atom. The minimum absolute atomic E-state index is 0.0469. The summed E-state index contributed by atoms with van der Waals surface area (Å²) in [7, 11) is 0. The van der Waals surface area contributed by atoms with E-state index in [0.717, 1.165) is 6.07 Å². The van der Waals surface area contributed by atoms with Gasteiger partial charge in [0.2, 0.25) is 0 Å². The van der Waals surface area contributed by atoms with E-state index < -0.39 is 11.7 Å². The molecule has 0 atom stereocenters. The summed E-state index contributed by atoms with van der Waals surface area (Å²) in [6.45, 7) is -0.188. The Bertz CT molecular complexity index is 659. The Morgan fingerprint density at radius 2 is 1.76 bits per heavy atom. The molecule has 0 aromatic heterocycles. The molecule has 21 heavy (non-hydrogen) atoms. The first-order valence-electron chi connectivity index (χ1n) is 5.84. The summed E-state index contributed by atoms with van der Waals surface area (Å²) in [5.41, 5.74) is 4.74. The average molecular weight is 352 g/mol. The molecular formula is C14H10Cl2F3NS. The van der Waals surface area contributed by atoms with Crippen LogP contribution in [0.25, 0.3) is 0 Å². The maximum atomic E-state index is 12.8. The van der Waals surface area contributed by atoms with Crippen molar-refractivity contribution >= 4 is 35.0 Å². The summed E-state index contributed by atoms with van der Waals surface area (Å²) in [6.07, 6.45) is -4.41. The Kier molecular flexibility index (Phi) is 5.09. The molecule has 0 saturated carbocycles. The van der Waals surface area contributed by atoms with Gasteiger partial charge in [0.1, 0.15) is 0 Å². The van der Waals surface area contributed by atoms with E-state index in [4.69, 9.17) is 28.9 Å². The first-order chi connectivity index (χ1) is 9.81. The number of halogens is 5. The second-order valence-electron chi connectivity index (χ2n) is 4.20. The molecule has 2 aromatic carbocycles. The minimum atomic E-state index is -4.41. The molecule has 0 fully saturated rings. The van der Waals surface area contributed by atoms with Crippen LogP contribution in [0.2, 0.25) is 10.0 Å². The molecule has 0 radical (unpaired) electrons. The fourth-order valence-electron chi connectivity index (χ4n) is 1.76. The van der Waals surface area contributed by atoms with Crippen LogP contribution in [0.1, 0.15) is 11.1 Å². The second-order valence-corrected chi connectivity index (χ2v) is 6.16. The highest BCUT2D eigenvalue weighted by Gasteiger charge is 2.32. The van der Waals surface area contributed by atoms with Gasteiger partial charge in [0, 0.05) is 21.4 Å². The molecule has 112 valence electrons. The lowest BCUT2D eigenvalue weighted by molar-refractivity contribution is -0.138. The van der Waals surface area contributed by atoms with Crippen LogP contribution in [-0.2, 0) is 12.7 Å². The van der Waals surface area contributed by atoms with Crippen LogP contribution in [0.5, 0.6) is 0 Å². The van der Waals surface area contributed by atoms with E-state index in [0.29, 0.717) is 19.8 Å². The van der Waals surface area contributed by atoms with Gasteiger partial charge in [-0.05, 0) is 42.0 Å². The van der Waals surface area contributed by atoms with E-state index in [-0.39, 0.29) is 12.1 Å². The van der Waals surface area contributed by atoms with Crippen molar-refractivity contribution in [2.75, 3.05) is 0 Å². The normalized spacial score (nSPS) is 11.7. The standard InChI is InChI=1S/C14H10Cl2F3NS/c15-9-1-4-12(16)13(6-9)21-10-2-3-11(14(17,18)19)8(5-10)7-20/h1-6H,7,20H2. The van der Waals surface area contributed by atoms with Gasteiger partial charge in [0.25, 0.3) is 0 Å². The fourth-order valence-corrected chi connectivity index (χ4v) is 3.17. The van der Waals surface area contributed by atoms with Gasteiger partial charge in [-0.25, -0.2) is 0 Å². The maximum Gasteiger partial charge on any atom is 0.416 e. The molecule has 0 saturated heterocycles. The molecule has 0 aliphatic heterocycles. The van der Waals surface area contributed by atoms with Gasteiger partial charge >= 0.3 is 6.18 Å². The predicted molar refractivity (Wildman–Crippen MR) is 79.9 cm³/mol. The van der Waals surface area contributed by atoms with E-state index in [1.165, 1.54) is 23.9 Å². The minimum Gasteiger partial charge on any atom is -0.326 e. The van der Waals surface area contributed by atoms with Crippen LogP contribution in [0.4, 0.5) is 13.2 Å². The lowest BCUT2D eigenvalue weighted by Gasteiger charge is -2.13. The summed E-state index contributed by atoms with van der Waals surface area (Å²) in [4.78, 5) is 1.29. The van der Waals surface area contributed by atoms with E-state index >= 15 is 0 Å². The largest absolute Gasteiger partial charge is 0.416 e. The van der Waals surface area contributed by atoms with Crippen LogP contribution in [0.15, 0.2) is 46.2 Å². The van der Waals surface area contributed by atoms with E-state index in [9.17, 15) is 13.2 Å². The zero-order valence-electron chi connectivity index (χ0n) is 10.5. The molecule has 0 aliphatic rings. The third kappa shape index (κ3) is 4.07. The zero-order chi connectivity index (χ0) is 15.6. The SMILES string of the molecule is NCc1cc(Sc2cc(Cl)ccc2Cl)ccc1C(F)(F)F. The molecule has 0 heterocycles. The van der Waals surface area contributed by atoms with Gasteiger partial charge in [-0.2, -0.15) is 13.2 Å². The summed E-state index contributed by atoms with van der Waals surface area (Å²) in [6, 6.07) is 8.79. The average Bonchev–Trinajstić information content (AvgIpc) is 2.41. The van der Waals surface area contributed by atoms with Crippen molar-refractivity contribution in [3.05, 3.63) is 57.6 Å². The van der Waals surface area contributed by atoms with Crippen molar-refractivity contribution in [2.24, 2.45) is 5.73 Å². The molecule has 0 bridgehead atoms. The van der Waals surface area contributed by atoms with Crippen molar-refractivity contribution in [2.45, 2.75) is 22.5 Å². The quantitative estimate of drug-likeness (QED) is 0.776. The third-order valence-corrected chi connectivity index (χ3v) is 4.45. The summed E-state index contributed by atoms with van der Waals surface area (Å²) in [5, 5.41) is 0.992. The lowest BCUT2D eigenvalue weighted by Crippen LogP contribution is -2.11. The van der Waals surface area contributed by atoms with Crippen molar-refractivity contribution in [1.82, 2.24) is 0 Å². The number of alkyl halides is 3. The Labute approximate surface area is 134 Å². The summed E-state index contributed by atoms with van der Waals surface area (Å²) < 4.78 is 38.4. The van der Waals surface area contributed by atoms with Crippen molar-refractivity contribution in [3.8, 4) is 0 Å². The Balaban J connectivity index is 2.36. The van der Waals surface area contributed by atoms with Gasteiger partial charge < -0.3 is 5.73 Å². The van der Waals surface area contributed by atoms with Crippen LogP contribution in [0, 0.1) is 0 Å². The smallest absolute Gasteiger partial charge is 0.326 e. The molecule has 0 aliphatic carbocycles. The highest BCUT2D eigenvalue weighted by atomic mass is 35.5. The van der Waals surface area contributed by atoms with Crippen LogP contribution in [0.3, 0.4) is 0 Å². The van der Waals surface area contributed by atoms with Gasteiger partial charge in [-0.3, -0.25) is 0 Å². The van der Waals surface area contributed by atoms with E-state index in [2.05, 4.69) is 0 Å². The number of nitrogens with two attached hydrogens (primary N) is 1. The van der Waals surface area contributed by atoms with Gasteiger partial charge in [0.15, 0.2) is 0 Å². The molecule has 2 N–H and O–H groups in total. The number of rotatable bonds is 3. The molecule has 7 heteroatoms. The summed E-state index contributed by atoms with van der Waals surface area (Å²) >= 11 is 13.2. The zero-order valence-corrected chi connectivity index (χ0v) is 12.9. The van der Waals surface area contributed by atoms with Crippen molar-refractivity contribution in [1.29, 1.82) is 0 Å². The number of hydrogen-bond acceptors (Lipinski definition) is 2. The number of benzene rings is 2. The molecular weight excluding hydrogens is 342 g/mol. The predicted octanol–water partition coefficient (Wildman–Crippen LogP) is 5.62. The third-order valence-electron chi connectivity index (χ3n) is 2.72. The van der Waals surface area contributed by atoms with E-state index in [1.807, 2.05) is 0 Å². The van der Waals surface area contributed by atoms with Gasteiger partial charge in [-0.1, -0.05) is 35.0 Å². The van der Waals surface area contributed by atoms with E-state index in [1.54, 1.807) is 18.2 Å². The first kappa shape index (κ1) is 16.5. The molecule has 0 amide bonds. The van der Waals surface area contributed by atoms with Gasteiger partial charge in [-0.15, -0.1) is 0 Å². The van der Waals surface area contributed by atoms with Crippen molar-refractivity contribution < 1.29 is 13.2 Å². The van der Waals surface area contributed by atoms with Crippen LogP contribution in [-0.4, -0.2) is 0 Å². The lowest BCUT2D eigenvalue weighted by atomic mass is 10.1. The van der Waals surface area contributed by atoms with Crippen molar-refractivity contribution in [3.63, 3.8) is 0 Å². The van der Waals surface area contributed by atoms with Crippen LogP contribution < -0.4 is 5.73 Å². The Hall–Kier alpha value is -0.880. The maximum absolute atomic E-state index is 12.8. The highest BCUT2D eigenvalue weighted by Crippen LogP contribution is 2.38. The topological polar surface area (TPSA) is 26.0 Å². The second kappa shape index (κ2) is 6.48. The monoisotopic (exact) mass is 351 g/mol. The fraction of sp³-hybridized carbons (Fsp3) is 0.143. The van der Waals surface area contributed by atoms with Crippen LogP contribution >= 0.6 is 35.0 Å². The number of hydrogen-bond donors (Lipinski definition) is 1. The molecule has 1 nitrogen and oxygen atoms in total. The molecule has 0 spiro atoms. The van der Waals surface area contributed by atoms with Gasteiger partial charge in [0.05, 0.1) is 10.6 Å². The molecule has 0 unspecified atom stereocenters. The molecule has 2 rings (SSSR count). The molecule has 2 aromatic rings. The summed E-state index contributed by atoms with van der Waals surface area (Å²) in [5.74, 6) is 0. The first-order valence-corrected chi connectivity index (χ1v) is 7.41. The highest BCUT2D eigenvalue weighted by molar-refractivity contribution is 7.99.